The maximum atomic E-state index is 9.86. The van der Waals surface area contributed by atoms with Gasteiger partial charge in [-0.1, -0.05) is 265 Å². The van der Waals surface area contributed by atoms with Crippen LogP contribution in [-0.4, -0.2) is 89.7 Å². The van der Waals surface area contributed by atoms with Crippen molar-refractivity contribution in [2.75, 3.05) is 0 Å². The zero-order valence-corrected chi connectivity index (χ0v) is 67.5. The van der Waals surface area contributed by atoms with Crippen LogP contribution < -0.4 is 0 Å². The van der Waals surface area contributed by atoms with E-state index in [0.717, 1.165) is 129 Å². The van der Waals surface area contributed by atoms with Gasteiger partial charge in [-0.2, -0.15) is 0 Å². The van der Waals surface area contributed by atoms with Crippen molar-refractivity contribution in [1.82, 2.24) is 0 Å². The largest absolute Gasteiger partial charge is 0.393 e. The van der Waals surface area contributed by atoms with Crippen molar-refractivity contribution in [3.8, 4) is 0 Å². The summed E-state index contributed by atoms with van der Waals surface area (Å²) >= 11 is 0. The molecule has 8 aliphatic rings. The molecule has 25 atom stereocenters. The number of aliphatic hydroxyl groups excluding tert-OH is 8. The first-order valence-corrected chi connectivity index (χ1v) is 43.3. The third-order valence-electron chi connectivity index (χ3n) is 26.0. The molecule has 576 valence electrons. The lowest BCUT2D eigenvalue weighted by Gasteiger charge is -2.36. The standard InChI is InChI=1S/8C11H22O/c1-4-8(2)10-6-5-7-11(12)9(10)3;1-3-4-7-10-9(2)6-5-8-11(10)12;1-3-4-7-10-8-5-6-9(2)11(10)12;1-3-4-5-10-6-9(2)7-11(12)8-10;1-3-4-5-10-6-7-11(12)8-9(10)2;1-3-4-5-10-8-11(12)7-6-9(10)2;1-3-4-5-10-8-9(2)6-7-11(10)12;1-3-4-5-10-7-6-9(2)8-11(10)12/h8-12H,4-7H2,1-3H3;7*9-12H,3-8H2,1-2H3. The molecule has 8 aliphatic carbocycles. The van der Waals surface area contributed by atoms with Crippen molar-refractivity contribution >= 4 is 0 Å². The summed E-state index contributed by atoms with van der Waals surface area (Å²) < 4.78 is 0. The van der Waals surface area contributed by atoms with E-state index in [1.807, 2.05) is 0 Å². The maximum absolute atomic E-state index is 9.86. The van der Waals surface area contributed by atoms with Crippen molar-refractivity contribution in [1.29, 1.82) is 0 Å². The van der Waals surface area contributed by atoms with Gasteiger partial charge in [0.1, 0.15) is 0 Å². The average Bonchev–Trinajstić information content (AvgIpc) is 1.11. The van der Waals surface area contributed by atoms with Crippen molar-refractivity contribution < 1.29 is 40.9 Å². The van der Waals surface area contributed by atoms with E-state index in [1.54, 1.807) is 0 Å². The number of rotatable bonds is 23. The molecular formula is C88H176O8. The summed E-state index contributed by atoms with van der Waals surface area (Å²) in [5, 5.41) is 77.3. The Hall–Kier alpha value is -0.320. The molecule has 0 bridgehead atoms. The second kappa shape index (κ2) is 57.1. The first kappa shape index (κ1) is 93.7. The smallest absolute Gasteiger partial charge is 0.0593 e. The summed E-state index contributed by atoms with van der Waals surface area (Å²) in [6, 6.07) is 0. The number of hydrogen-bond donors (Lipinski definition) is 8. The van der Waals surface area contributed by atoms with Crippen molar-refractivity contribution in [3.63, 3.8) is 0 Å². The van der Waals surface area contributed by atoms with E-state index in [4.69, 9.17) is 0 Å². The molecule has 8 rings (SSSR count). The summed E-state index contributed by atoms with van der Waals surface area (Å²) in [4.78, 5) is 0. The Morgan fingerprint density at radius 2 is 0.771 bits per heavy atom. The Balaban J connectivity index is 0.000000549. The van der Waals surface area contributed by atoms with Gasteiger partial charge < -0.3 is 40.9 Å². The van der Waals surface area contributed by atoms with E-state index >= 15 is 0 Å². The lowest BCUT2D eigenvalue weighted by Crippen LogP contribution is -2.33. The topological polar surface area (TPSA) is 162 Å². The summed E-state index contributed by atoms with van der Waals surface area (Å²) in [6.45, 7) is 38.3. The van der Waals surface area contributed by atoms with Gasteiger partial charge >= 0.3 is 0 Å². The van der Waals surface area contributed by atoms with Gasteiger partial charge in [-0.3, -0.25) is 0 Å². The summed E-state index contributed by atoms with van der Waals surface area (Å²) in [5.41, 5.74) is 0. The molecule has 0 aromatic rings. The first-order valence-electron chi connectivity index (χ1n) is 43.3. The van der Waals surface area contributed by atoms with Gasteiger partial charge in [-0.05, 0) is 248 Å². The first-order chi connectivity index (χ1) is 45.8. The van der Waals surface area contributed by atoms with Crippen LogP contribution in [0.5, 0.6) is 0 Å². The highest BCUT2D eigenvalue weighted by Crippen LogP contribution is 2.40. The summed E-state index contributed by atoms with van der Waals surface area (Å²) in [6.07, 6.45) is 56.5. The molecule has 0 aromatic carbocycles. The fraction of sp³-hybridized carbons (Fsp3) is 1.00. The molecule has 8 nitrogen and oxygen atoms in total. The highest BCUT2D eigenvalue weighted by atomic mass is 16.3. The van der Waals surface area contributed by atoms with Crippen LogP contribution in [0.25, 0.3) is 0 Å². The van der Waals surface area contributed by atoms with E-state index in [1.165, 1.54) is 231 Å². The zero-order valence-electron chi connectivity index (χ0n) is 67.5. The van der Waals surface area contributed by atoms with Crippen molar-refractivity contribution in [2.45, 2.75) is 462 Å². The molecule has 0 spiro atoms. The SMILES string of the molecule is CCC(C)C1CCCC(O)C1C.CCCCC1C(C)CCCC1O.CCCCC1CC(C)CC(O)C1.CCCCC1CC(C)CCC1O.CCCCC1CC(O)CCC1C.CCCCC1CCC(C)CC1O.CCCCC1CCC(O)CC1C.CCCCC1CCCC(C)C1O. The van der Waals surface area contributed by atoms with Crippen LogP contribution in [0.4, 0.5) is 0 Å². The second-order valence-corrected chi connectivity index (χ2v) is 34.9. The molecule has 0 heterocycles. The van der Waals surface area contributed by atoms with Crippen molar-refractivity contribution in [2.24, 2.45) is 101 Å². The molecule has 0 saturated heterocycles. The fourth-order valence-electron chi connectivity index (χ4n) is 18.6. The molecule has 8 N–H and O–H groups in total. The molecule has 0 radical (unpaired) electrons. The van der Waals surface area contributed by atoms with E-state index < -0.39 is 0 Å². The van der Waals surface area contributed by atoms with Crippen LogP contribution in [0.15, 0.2) is 0 Å². The van der Waals surface area contributed by atoms with Crippen LogP contribution in [0.2, 0.25) is 0 Å². The summed E-state index contributed by atoms with van der Waals surface area (Å²) in [5.74, 6) is 12.2. The highest BCUT2D eigenvalue weighted by Gasteiger charge is 2.34. The number of hydrogen-bond acceptors (Lipinski definition) is 8. The van der Waals surface area contributed by atoms with Crippen LogP contribution >= 0.6 is 0 Å². The minimum Gasteiger partial charge on any atom is -0.393 e. The van der Waals surface area contributed by atoms with Gasteiger partial charge in [-0.25, -0.2) is 0 Å². The Morgan fingerprint density at radius 1 is 0.292 bits per heavy atom. The van der Waals surface area contributed by atoms with E-state index in [-0.39, 0.29) is 48.8 Å². The molecule has 8 saturated carbocycles. The zero-order chi connectivity index (χ0) is 72.0. The fourth-order valence-corrected chi connectivity index (χ4v) is 18.6. The normalized spacial score (nSPS) is 37.1. The van der Waals surface area contributed by atoms with Gasteiger partial charge in [0.15, 0.2) is 0 Å². The predicted octanol–water partition coefficient (Wildman–Crippen LogP) is 23.6. The monoisotopic (exact) mass is 1360 g/mol. The molecule has 0 amide bonds. The quantitative estimate of drug-likeness (QED) is 0.0502. The van der Waals surface area contributed by atoms with Crippen LogP contribution in [0, 0.1) is 101 Å². The second-order valence-electron chi connectivity index (χ2n) is 34.9. The van der Waals surface area contributed by atoms with Gasteiger partial charge in [0.25, 0.3) is 0 Å². The van der Waals surface area contributed by atoms with Crippen molar-refractivity contribution in [3.05, 3.63) is 0 Å². The summed E-state index contributed by atoms with van der Waals surface area (Å²) in [7, 11) is 0. The minimum absolute atomic E-state index is 0.000278. The maximum Gasteiger partial charge on any atom is 0.0593 e. The van der Waals surface area contributed by atoms with Gasteiger partial charge in [-0.15, -0.1) is 0 Å². The lowest BCUT2D eigenvalue weighted by molar-refractivity contribution is 0.0206. The van der Waals surface area contributed by atoms with E-state index in [9.17, 15) is 40.9 Å². The van der Waals surface area contributed by atoms with E-state index in [0.29, 0.717) is 35.5 Å². The van der Waals surface area contributed by atoms with E-state index in [2.05, 4.69) is 118 Å². The van der Waals surface area contributed by atoms with Gasteiger partial charge in [0.05, 0.1) is 48.8 Å². The Labute approximate surface area is 600 Å². The molecular weight excluding hydrogens is 1180 g/mol. The van der Waals surface area contributed by atoms with Crippen LogP contribution in [0.1, 0.15) is 413 Å². The molecule has 0 aromatic heterocycles. The average molecular weight is 1360 g/mol. The Kier molecular flexibility index (Phi) is 55.7. The molecule has 0 aliphatic heterocycles. The third-order valence-corrected chi connectivity index (χ3v) is 26.0. The minimum atomic E-state index is -0.0299. The molecule has 8 fully saturated rings. The van der Waals surface area contributed by atoms with Crippen LogP contribution in [-0.2, 0) is 0 Å². The number of aliphatic hydroxyl groups is 8. The predicted molar refractivity (Wildman–Crippen MR) is 416 cm³/mol. The van der Waals surface area contributed by atoms with Gasteiger partial charge in [0.2, 0.25) is 0 Å². The lowest BCUT2D eigenvalue weighted by atomic mass is 9.72. The Bertz CT molecular complexity index is 1620. The molecule has 8 heteroatoms. The highest BCUT2D eigenvalue weighted by molar-refractivity contribution is 4.85. The molecule has 25 unspecified atom stereocenters. The third kappa shape index (κ3) is 41.2. The number of unbranched alkanes of at least 4 members (excludes halogenated alkanes) is 7. The Morgan fingerprint density at radius 3 is 1.34 bits per heavy atom. The van der Waals surface area contributed by atoms with Crippen LogP contribution in [0.3, 0.4) is 0 Å². The molecule has 96 heavy (non-hydrogen) atoms. The van der Waals surface area contributed by atoms with Gasteiger partial charge in [0, 0.05) is 0 Å².